The first-order valence-electron chi connectivity index (χ1n) is 10.6. The Labute approximate surface area is 199 Å². The lowest BCUT2D eigenvalue weighted by molar-refractivity contribution is -0.116. The van der Waals surface area contributed by atoms with Crippen LogP contribution < -0.4 is 15.4 Å². The molecule has 5 nitrogen and oxygen atoms in total. The SMILES string of the molecule is CCOc1cc([C@H]2Nc3ccccc3NC3=C2C(=O)C[C@@H](c2cccs2)C3)cc(Br)c1O. The lowest BCUT2D eigenvalue weighted by atomic mass is 9.80. The second-order valence-electron chi connectivity index (χ2n) is 7.97. The molecule has 164 valence electrons. The average Bonchev–Trinajstić information content (AvgIpc) is 3.26. The van der Waals surface area contributed by atoms with Crippen molar-refractivity contribution in [2.45, 2.75) is 31.7 Å². The fourth-order valence-electron chi connectivity index (χ4n) is 4.49. The minimum atomic E-state index is -0.367. The van der Waals surface area contributed by atoms with Gasteiger partial charge < -0.3 is 20.5 Å². The van der Waals surface area contributed by atoms with Gasteiger partial charge in [-0.05, 0) is 70.5 Å². The van der Waals surface area contributed by atoms with Gasteiger partial charge in [0.15, 0.2) is 17.3 Å². The van der Waals surface area contributed by atoms with Gasteiger partial charge in [-0.2, -0.15) is 0 Å². The van der Waals surface area contributed by atoms with Gasteiger partial charge in [-0.1, -0.05) is 18.2 Å². The Hall–Kier alpha value is -2.77. The Balaban J connectivity index is 1.64. The number of ether oxygens (including phenoxy) is 1. The van der Waals surface area contributed by atoms with Crippen molar-refractivity contribution >= 4 is 44.4 Å². The molecule has 3 aromatic rings. The van der Waals surface area contributed by atoms with E-state index in [2.05, 4.69) is 38.0 Å². The first kappa shape index (κ1) is 21.1. The maximum absolute atomic E-state index is 13.6. The molecule has 32 heavy (non-hydrogen) atoms. The molecular weight excluding hydrogens is 488 g/mol. The highest BCUT2D eigenvalue weighted by Gasteiger charge is 2.36. The summed E-state index contributed by atoms with van der Waals surface area (Å²) in [6, 6.07) is 15.4. The number of hydrogen-bond donors (Lipinski definition) is 3. The number of hydrogen-bond acceptors (Lipinski definition) is 6. The highest BCUT2D eigenvalue weighted by atomic mass is 79.9. The number of rotatable bonds is 4. The van der Waals surface area contributed by atoms with Gasteiger partial charge in [0.1, 0.15) is 0 Å². The number of carbonyl (C=O) groups is 1. The van der Waals surface area contributed by atoms with Crippen LogP contribution in [0.5, 0.6) is 11.5 Å². The van der Waals surface area contributed by atoms with E-state index >= 15 is 0 Å². The Bertz CT molecular complexity index is 1210. The Kier molecular flexibility index (Phi) is 5.69. The summed E-state index contributed by atoms with van der Waals surface area (Å²) >= 11 is 5.15. The topological polar surface area (TPSA) is 70.6 Å². The number of phenolic OH excluding ortho intramolecular Hbond substituents is 1. The predicted octanol–water partition coefficient (Wildman–Crippen LogP) is 6.59. The van der Waals surface area contributed by atoms with Crippen molar-refractivity contribution in [1.29, 1.82) is 0 Å². The summed E-state index contributed by atoms with van der Waals surface area (Å²) in [6.07, 6.45) is 1.25. The van der Waals surface area contributed by atoms with Crippen LogP contribution in [-0.4, -0.2) is 17.5 Å². The van der Waals surface area contributed by atoms with Crippen molar-refractivity contribution in [3.8, 4) is 11.5 Å². The summed E-state index contributed by atoms with van der Waals surface area (Å²) < 4.78 is 6.19. The van der Waals surface area contributed by atoms with Crippen LogP contribution in [0.4, 0.5) is 11.4 Å². The van der Waals surface area contributed by atoms with E-state index in [0.29, 0.717) is 23.2 Å². The van der Waals surface area contributed by atoms with Crippen LogP contribution in [-0.2, 0) is 4.79 Å². The number of nitrogens with one attached hydrogen (secondary N) is 2. The van der Waals surface area contributed by atoms with Crippen molar-refractivity contribution in [2.75, 3.05) is 17.2 Å². The number of para-hydroxylation sites is 2. The number of phenols is 1. The number of thiophene rings is 1. The fraction of sp³-hybridized carbons (Fsp3) is 0.240. The second-order valence-corrected chi connectivity index (χ2v) is 9.80. The van der Waals surface area contributed by atoms with Crippen LogP contribution in [0.2, 0.25) is 0 Å². The summed E-state index contributed by atoms with van der Waals surface area (Å²) in [6.45, 7) is 2.31. The number of aromatic hydroxyl groups is 1. The van der Waals surface area contributed by atoms with Crippen LogP contribution in [0.25, 0.3) is 0 Å². The average molecular weight is 511 g/mol. The van der Waals surface area contributed by atoms with Crippen molar-refractivity contribution in [3.05, 3.63) is 80.1 Å². The molecule has 0 saturated heterocycles. The van der Waals surface area contributed by atoms with Crippen molar-refractivity contribution in [2.24, 2.45) is 0 Å². The highest BCUT2D eigenvalue weighted by molar-refractivity contribution is 9.10. The molecule has 0 saturated carbocycles. The van der Waals surface area contributed by atoms with Gasteiger partial charge in [0, 0.05) is 28.5 Å². The zero-order valence-corrected chi connectivity index (χ0v) is 19.9. The second kappa shape index (κ2) is 8.64. The number of ketones is 1. The first-order valence-corrected chi connectivity index (χ1v) is 12.3. The third kappa shape index (κ3) is 3.80. The molecule has 0 spiro atoms. The van der Waals surface area contributed by atoms with Gasteiger partial charge in [-0.15, -0.1) is 11.3 Å². The van der Waals surface area contributed by atoms with E-state index in [1.807, 2.05) is 49.4 Å². The van der Waals surface area contributed by atoms with Gasteiger partial charge in [0.05, 0.1) is 28.5 Å². The summed E-state index contributed by atoms with van der Waals surface area (Å²) in [7, 11) is 0. The van der Waals surface area contributed by atoms with E-state index < -0.39 is 0 Å². The molecule has 1 aromatic heterocycles. The number of carbonyl (C=O) groups excluding carboxylic acids is 1. The molecule has 2 atom stereocenters. The molecule has 3 N–H and O–H groups in total. The molecule has 0 amide bonds. The summed E-state index contributed by atoms with van der Waals surface area (Å²) in [4.78, 5) is 14.8. The van der Waals surface area contributed by atoms with Crippen LogP contribution >= 0.6 is 27.3 Å². The number of Topliss-reactive ketones (excluding diaryl/α,β-unsaturated/α-hetero) is 1. The van der Waals surface area contributed by atoms with Crippen LogP contribution in [0, 0.1) is 0 Å². The van der Waals surface area contributed by atoms with Gasteiger partial charge in [-0.3, -0.25) is 4.79 Å². The quantitative estimate of drug-likeness (QED) is 0.369. The standard InChI is InChI=1S/C25H23BrN2O3S/c1-2-31-21-13-15(10-16(26)25(21)30)24-23-19(27-17-6-3-4-7-18(17)28-24)11-14(12-20(23)29)22-8-5-9-32-22/h3-10,13-14,24,27-28,30H,2,11-12H2,1H3/t14-,24+/m0/s1. The number of halogens is 1. The minimum absolute atomic E-state index is 0.0599. The van der Waals surface area contributed by atoms with Gasteiger partial charge in [0.25, 0.3) is 0 Å². The first-order chi connectivity index (χ1) is 15.5. The van der Waals surface area contributed by atoms with Gasteiger partial charge >= 0.3 is 0 Å². The molecule has 5 rings (SSSR count). The van der Waals surface area contributed by atoms with Crippen LogP contribution in [0.15, 0.2) is 69.7 Å². The summed E-state index contributed by atoms with van der Waals surface area (Å²) in [5, 5.41) is 19.6. The maximum Gasteiger partial charge on any atom is 0.172 e. The molecule has 2 aliphatic rings. The third-order valence-electron chi connectivity index (χ3n) is 5.94. The van der Waals surface area contributed by atoms with E-state index in [9.17, 15) is 9.90 Å². The van der Waals surface area contributed by atoms with Crippen molar-refractivity contribution in [3.63, 3.8) is 0 Å². The number of allylic oxidation sites excluding steroid dienone is 1. The van der Waals surface area contributed by atoms with Gasteiger partial charge in [0.2, 0.25) is 0 Å². The maximum atomic E-state index is 13.6. The lowest BCUT2D eigenvalue weighted by Gasteiger charge is -2.29. The molecule has 1 aliphatic carbocycles. The van der Waals surface area contributed by atoms with E-state index in [4.69, 9.17) is 4.74 Å². The molecule has 0 fully saturated rings. The van der Waals surface area contributed by atoms with Crippen molar-refractivity contribution in [1.82, 2.24) is 0 Å². The van der Waals surface area contributed by atoms with E-state index in [1.54, 1.807) is 11.3 Å². The van der Waals surface area contributed by atoms with E-state index in [0.717, 1.165) is 34.6 Å². The Morgan fingerprint density at radius 2 is 1.97 bits per heavy atom. The smallest absolute Gasteiger partial charge is 0.172 e. The fourth-order valence-corrected chi connectivity index (χ4v) is 5.78. The van der Waals surface area contributed by atoms with Gasteiger partial charge in [-0.25, -0.2) is 0 Å². The van der Waals surface area contributed by atoms with Crippen LogP contribution in [0.3, 0.4) is 0 Å². The number of benzene rings is 2. The molecule has 0 unspecified atom stereocenters. The molecule has 2 heterocycles. The zero-order chi connectivity index (χ0) is 22.2. The monoisotopic (exact) mass is 510 g/mol. The number of anilines is 2. The van der Waals surface area contributed by atoms with Crippen molar-refractivity contribution < 1.29 is 14.6 Å². The predicted molar refractivity (Wildman–Crippen MR) is 132 cm³/mol. The lowest BCUT2D eigenvalue weighted by Crippen LogP contribution is -2.26. The zero-order valence-electron chi connectivity index (χ0n) is 17.5. The third-order valence-corrected chi connectivity index (χ3v) is 7.58. The largest absolute Gasteiger partial charge is 0.503 e. The Morgan fingerprint density at radius 1 is 1.16 bits per heavy atom. The molecule has 0 radical (unpaired) electrons. The summed E-state index contributed by atoms with van der Waals surface area (Å²) in [5.41, 5.74) is 4.42. The van der Waals surface area contributed by atoms with Crippen LogP contribution in [0.1, 0.15) is 42.2 Å². The summed E-state index contributed by atoms with van der Waals surface area (Å²) in [5.74, 6) is 0.755. The van der Waals surface area contributed by atoms with E-state index in [-0.39, 0.29) is 23.5 Å². The highest BCUT2D eigenvalue weighted by Crippen LogP contribution is 2.46. The molecule has 0 bridgehead atoms. The minimum Gasteiger partial charge on any atom is -0.503 e. The van der Waals surface area contributed by atoms with E-state index in [1.165, 1.54) is 4.88 Å². The molecule has 2 aromatic carbocycles. The molecule has 1 aliphatic heterocycles. The normalized spacial score (nSPS) is 20.0. The molecule has 7 heteroatoms. The number of fused-ring (bicyclic) bond motifs is 1. The molecular formula is C25H23BrN2O3S. The Morgan fingerprint density at radius 3 is 2.72 bits per heavy atom.